The number of rotatable bonds is 11. The highest BCUT2D eigenvalue weighted by atomic mass is 16.6. The van der Waals surface area contributed by atoms with Crippen LogP contribution >= 0.6 is 0 Å². The van der Waals surface area contributed by atoms with Crippen LogP contribution in [0.5, 0.6) is 0 Å². The summed E-state index contributed by atoms with van der Waals surface area (Å²) < 4.78 is 5.55. The van der Waals surface area contributed by atoms with Crippen molar-refractivity contribution in [3.05, 3.63) is 58.7 Å². The third-order valence-corrected chi connectivity index (χ3v) is 8.33. The van der Waals surface area contributed by atoms with E-state index < -0.39 is 11.7 Å². The van der Waals surface area contributed by atoms with Gasteiger partial charge in [-0.2, -0.15) is 0 Å². The van der Waals surface area contributed by atoms with Crippen LogP contribution in [0.1, 0.15) is 63.3 Å². The van der Waals surface area contributed by atoms with Crippen molar-refractivity contribution in [2.24, 2.45) is 0 Å². The third-order valence-electron chi connectivity index (χ3n) is 8.33. The molecule has 0 saturated heterocycles. The zero-order chi connectivity index (χ0) is 32.9. The van der Waals surface area contributed by atoms with Gasteiger partial charge in [0.2, 0.25) is 11.8 Å². The van der Waals surface area contributed by atoms with Crippen LogP contribution in [0.3, 0.4) is 0 Å². The number of benzene rings is 2. The number of amides is 4. The standard InChI is InChI=1S/C34H48N6O5/c1-8-37(33(44)45-34(4,5)6)16-17-38(23-32(43)36(7)39-21-26-12-10-11-13-27(26)22-39)31(42)20-35-28-19-25-14-15-30(41)40(9-2)29(25)18-24(28)3/h10-13,18-19,35H,8-9,14-17,20-23H2,1-7H3. The lowest BCUT2D eigenvalue weighted by Crippen LogP contribution is -2.50. The lowest BCUT2D eigenvalue weighted by molar-refractivity contribution is -0.151. The highest BCUT2D eigenvalue weighted by molar-refractivity contribution is 5.97. The molecule has 4 amide bonds. The van der Waals surface area contributed by atoms with Gasteiger partial charge in [-0.1, -0.05) is 24.3 Å². The van der Waals surface area contributed by atoms with Crippen molar-refractivity contribution in [1.82, 2.24) is 19.8 Å². The second-order valence-electron chi connectivity index (χ2n) is 12.7. The first-order chi connectivity index (χ1) is 21.3. The normalized spacial score (nSPS) is 14.5. The van der Waals surface area contributed by atoms with Gasteiger partial charge in [0.1, 0.15) is 12.1 Å². The number of aryl methyl sites for hydroxylation is 2. The van der Waals surface area contributed by atoms with Crippen LogP contribution in [0.25, 0.3) is 0 Å². The topological polar surface area (TPSA) is 106 Å². The second kappa shape index (κ2) is 14.3. The van der Waals surface area contributed by atoms with Gasteiger partial charge in [0.05, 0.1) is 6.54 Å². The molecule has 0 aromatic heterocycles. The average Bonchev–Trinajstić information content (AvgIpc) is 3.42. The van der Waals surface area contributed by atoms with E-state index in [0.29, 0.717) is 39.0 Å². The van der Waals surface area contributed by atoms with Crippen LogP contribution in [-0.4, -0.2) is 95.5 Å². The molecule has 0 bridgehead atoms. The largest absolute Gasteiger partial charge is 0.444 e. The maximum absolute atomic E-state index is 13.7. The average molecular weight is 621 g/mol. The quantitative estimate of drug-likeness (QED) is 0.402. The molecule has 4 rings (SSSR count). The first-order valence-corrected chi connectivity index (χ1v) is 15.8. The molecule has 0 unspecified atom stereocenters. The fourth-order valence-electron chi connectivity index (χ4n) is 5.71. The molecule has 0 aliphatic carbocycles. The molecule has 244 valence electrons. The number of carbonyl (C=O) groups excluding carboxylic acids is 4. The van der Waals surface area contributed by atoms with Crippen LogP contribution in [-0.2, 0) is 38.6 Å². The van der Waals surface area contributed by atoms with Gasteiger partial charge < -0.3 is 24.8 Å². The first-order valence-electron chi connectivity index (χ1n) is 15.8. The molecule has 11 heteroatoms. The third kappa shape index (κ3) is 8.33. The van der Waals surface area contributed by atoms with Crippen LogP contribution in [0, 0.1) is 6.92 Å². The smallest absolute Gasteiger partial charge is 0.410 e. The Hall–Kier alpha value is -4.12. The van der Waals surface area contributed by atoms with Gasteiger partial charge in [0.15, 0.2) is 0 Å². The van der Waals surface area contributed by atoms with E-state index in [4.69, 9.17) is 4.74 Å². The minimum absolute atomic E-state index is 0.0270. The van der Waals surface area contributed by atoms with Crippen molar-refractivity contribution in [2.45, 2.75) is 73.1 Å². The van der Waals surface area contributed by atoms with Gasteiger partial charge in [0.25, 0.3) is 5.91 Å². The van der Waals surface area contributed by atoms with E-state index in [1.54, 1.807) is 21.9 Å². The Kier molecular flexibility index (Phi) is 10.7. The first kappa shape index (κ1) is 33.8. The van der Waals surface area contributed by atoms with Gasteiger partial charge >= 0.3 is 6.09 Å². The predicted molar refractivity (Wildman–Crippen MR) is 175 cm³/mol. The van der Waals surface area contributed by atoms with E-state index in [-0.39, 0.29) is 43.9 Å². The molecule has 0 atom stereocenters. The number of hydrazine groups is 1. The Labute approximate surface area is 267 Å². The molecule has 2 aromatic rings. The van der Waals surface area contributed by atoms with E-state index in [1.807, 2.05) is 70.8 Å². The summed E-state index contributed by atoms with van der Waals surface area (Å²) in [6, 6.07) is 12.1. The summed E-state index contributed by atoms with van der Waals surface area (Å²) in [5.41, 5.74) is 5.43. The van der Waals surface area contributed by atoms with Gasteiger partial charge in [-0.05, 0) is 82.3 Å². The minimum atomic E-state index is -0.649. The van der Waals surface area contributed by atoms with Crippen LogP contribution < -0.4 is 10.2 Å². The van der Waals surface area contributed by atoms with E-state index in [1.165, 1.54) is 16.0 Å². The van der Waals surface area contributed by atoms with Crippen molar-refractivity contribution in [3.8, 4) is 0 Å². The molecule has 2 heterocycles. The summed E-state index contributed by atoms with van der Waals surface area (Å²) in [6.07, 6.45) is 0.649. The number of hydrogen-bond acceptors (Lipinski definition) is 7. The number of nitrogens with one attached hydrogen (secondary N) is 1. The zero-order valence-electron chi connectivity index (χ0n) is 27.8. The molecule has 0 radical (unpaired) electrons. The molecule has 1 N–H and O–H groups in total. The SMILES string of the molecule is CCN(CCN(CC(=O)N(C)N1Cc2ccccc2C1)C(=O)CNc1cc2c(cc1C)N(CC)C(=O)CC2)C(=O)OC(C)(C)C. The molecular formula is C34H48N6O5. The lowest BCUT2D eigenvalue weighted by atomic mass is 9.98. The lowest BCUT2D eigenvalue weighted by Gasteiger charge is -2.32. The van der Waals surface area contributed by atoms with Crippen molar-refractivity contribution >= 4 is 35.2 Å². The van der Waals surface area contributed by atoms with Crippen LogP contribution in [0.2, 0.25) is 0 Å². The second-order valence-corrected chi connectivity index (χ2v) is 12.7. The molecule has 0 spiro atoms. The Morgan fingerprint density at radius 3 is 2.18 bits per heavy atom. The van der Waals surface area contributed by atoms with Crippen molar-refractivity contribution in [1.29, 1.82) is 0 Å². The van der Waals surface area contributed by atoms with E-state index in [9.17, 15) is 19.2 Å². The van der Waals surface area contributed by atoms with Crippen molar-refractivity contribution < 1.29 is 23.9 Å². The van der Waals surface area contributed by atoms with Crippen molar-refractivity contribution in [3.63, 3.8) is 0 Å². The molecule has 2 aliphatic rings. The molecule has 0 fully saturated rings. The maximum Gasteiger partial charge on any atom is 0.410 e. The van der Waals surface area contributed by atoms with Gasteiger partial charge in [-0.15, -0.1) is 0 Å². The summed E-state index contributed by atoms with van der Waals surface area (Å²) in [5, 5.41) is 6.83. The molecule has 2 aromatic carbocycles. The number of ether oxygens (including phenoxy) is 1. The zero-order valence-corrected chi connectivity index (χ0v) is 27.8. The monoisotopic (exact) mass is 620 g/mol. The number of likely N-dealkylation sites (N-methyl/N-ethyl adjacent to an activating group) is 2. The van der Waals surface area contributed by atoms with Gasteiger partial charge in [-0.3, -0.25) is 19.4 Å². The summed E-state index contributed by atoms with van der Waals surface area (Å²) in [4.78, 5) is 57.3. The van der Waals surface area contributed by atoms with Crippen molar-refractivity contribution in [2.75, 3.05) is 56.5 Å². The molecule has 2 aliphatic heterocycles. The number of hydrogen-bond donors (Lipinski definition) is 1. The summed E-state index contributed by atoms with van der Waals surface area (Å²) >= 11 is 0. The predicted octanol–water partition coefficient (Wildman–Crippen LogP) is 4.18. The Morgan fingerprint density at radius 1 is 0.933 bits per heavy atom. The Balaban J connectivity index is 1.47. The molecule has 11 nitrogen and oxygen atoms in total. The Morgan fingerprint density at radius 2 is 1.58 bits per heavy atom. The summed E-state index contributed by atoms with van der Waals surface area (Å²) in [7, 11) is 1.73. The fourth-order valence-corrected chi connectivity index (χ4v) is 5.71. The maximum atomic E-state index is 13.7. The highest BCUT2D eigenvalue weighted by Crippen LogP contribution is 2.32. The fraction of sp³-hybridized carbons (Fsp3) is 0.529. The number of nitrogens with zero attached hydrogens (tertiary/aromatic N) is 5. The van der Waals surface area contributed by atoms with E-state index in [0.717, 1.165) is 22.5 Å². The Bertz CT molecular complexity index is 1400. The van der Waals surface area contributed by atoms with Gasteiger partial charge in [-0.25, -0.2) is 9.80 Å². The number of fused-ring (bicyclic) bond motifs is 2. The van der Waals surface area contributed by atoms with Crippen LogP contribution in [0.4, 0.5) is 16.2 Å². The molecular weight excluding hydrogens is 572 g/mol. The highest BCUT2D eigenvalue weighted by Gasteiger charge is 2.29. The summed E-state index contributed by atoms with van der Waals surface area (Å²) in [6.45, 7) is 13.7. The van der Waals surface area contributed by atoms with Crippen LogP contribution in [0.15, 0.2) is 36.4 Å². The minimum Gasteiger partial charge on any atom is -0.444 e. The van der Waals surface area contributed by atoms with E-state index in [2.05, 4.69) is 17.4 Å². The number of anilines is 2. The molecule has 45 heavy (non-hydrogen) atoms. The van der Waals surface area contributed by atoms with Gasteiger partial charge in [0, 0.05) is 64.1 Å². The summed E-state index contributed by atoms with van der Waals surface area (Å²) in [5.74, 6) is -0.356. The molecule has 0 saturated carbocycles. The van der Waals surface area contributed by atoms with E-state index >= 15 is 0 Å². The number of carbonyl (C=O) groups is 4.